The Bertz CT molecular complexity index is 1570. The predicted octanol–water partition coefficient (Wildman–Crippen LogP) is 4.43. The van der Waals surface area contributed by atoms with Crippen molar-refractivity contribution in [2.24, 2.45) is 0 Å². The van der Waals surface area contributed by atoms with Crippen molar-refractivity contribution >= 4 is 17.3 Å². The molecule has 0 unspecified atom stereocenters. The van der Waals surface area contributed by atoms with Gasteiger partial charge in [0.15, 0.2) is 5.82 Å². The molecule has 41 heavy (non-hydrogen) atoms. The summed E-state index contributed by atoms with van der Waals surface area (Å²) < 4.78 is 1.99. The molecule has 4 heterocycles. The standard InChI is InChI=1S/C31H37N9O/c1-21(2)24-19-26(22(3)4)40(37-24)16-7-11-29-33-13-12-30(34-29)39-15-8-14-38(17-18-39)27-20-25(35-36-31(27)32)23-9-5-6-10-28(23)41/h5-6,9-10,12-13,19-22,41H,8,14-18H2,1-4H3,(H2,32,36). The molecule has 5 rings (SSSR count). The molecule has 1 fully saturated rings. The summed E-state index contributed by atoms with van der Waals surface area (Å²) in [5.41, 5.74) is 10.5. The van der Waals surface area contributed by atoms with Gasteiger partial charge in [-0.05, 0) is 54.5 Å². The van der Waals surface area contributed by atoms with Crippen molar-refractivity contribution < 1.29 is 5.11 Å². The van der Waals surface area contributed by atoms with E-state index in [1.165, 1.54) is 5.69 Å². The summed E-state index contributed by atoms with van der Waals surface area (Å²) in [4.78, 5) is 13.6. The number of aromatic nitrogens is 6. The number of anilines is 3. The van der Waals surface area contributed by atoms with Gasteiger partial charge in [-0.1, -0.05) is 45.7 Å². The van der Waals surface area contributed by atoms with Gasteiger partial charge >= 0.3 is 0 Å². The van der Waals surface area contributed by atoms with Crippen molar-refractivity contribution in [3.63, 3.8) is 0 Å². The van der Waals surface area contributed by atoms with Crippen LogP contribution >= 0.6 is 0 Å². The molecular weight excluding hydrogens is 514 g/mol. The van der Waals surface area contributed by atoms with Crippen molar-refractivity contribution in [1.29, 1.82) is 0 Å². The zero-order valence-corrected chi connectivity index (χ0v) is 24.1. The Labute approximate surface area is 241 Å². The first kappa shape index (κ1) is 27.9. The fourth-order valence-electron chi connectivity index (χ4n) is 4.96. The molecule has 1 aromatic carbocycles. The van der Waals surface area contributed by atoms with Gasteiger partial charge in [0.25, 0.3) is 0 Å². The molecule has 10 heteroatoms. The maximum absolute atomic E-state index is 10.3. The minimum atomic E-state index is 0.160. The second-order valence-corrected chi connectivity index (χ2v) is 10.8. The summed E-state index contributed by atoms with van der Waals surface area (Å²) in [6.07, 6.45) is 2.68. The smallest absolute Gasteiger partial charge is 0.206 e. The third-order valence-corrected chi connectivity index (χ3v) is 7.22. The van der Waals surface area contributed by atoms with Gasteiger partial charge < -0.3 is 20.6 Å². The number of phenolic OH excluding ortho intramolecular Hbond substituents is 1. The molecule has 0 spiro atoms. The van der Waals surface area contributed by atoms with Gasteiger partial charge in [-0.25, -0.2) is 9.97 Å². The average Bonchev–Trinajstić information content (AvgIpc) is 3.25. The van der Waals surface area contributed by atoms with Crippen LogP contribution in [0.15, 0.2) is 48.7 Å². The first-order valence-electron chi connectivity index (χ1n) is 14.1. The molecule has 0 atom stereocenters. The summed E-state index contributed by atoms with van der Waals surface area (Å²) >= 11 is 0. The number of hydrogen-bond donors (Lipinski definition) is 2. The molecule has 3 N–H and O–H groups in total. The molecule has 1 aliphatic heterocycles. The fraction of sp³-hybridized carbons (Fsp3) is 0.387. The second-order valence-electron chi connectivity index (χ2n) is 10.8. The van der Waals surface area contributed by atoms with E-state index in [0.29, 0.717) is 41.3 Å². The summed E-state index contributed by atoms with van der Waals surface area (Å²) in [7, 11) is 0. The molecule has 1 aliphatic rings. The monoisotopic (exact) mass is 551 g/mol. The Balaban J connectivity index is 1.28. The first-order valence-corrected chi connectivity index (χ1v) is 14.1. The highest BCUT2D eigenvalue weighted by molar-refractivity contribution is 5.74. The van der Waals surface area contributed by atoms with E-state index in [1.807, 2.05) is 28.9 Å². The van der Waals surface area contributed by atoms with Gasteiger partial charge in [-0.3, -0.25) is 4.68 Å². The van der Waals surface area contributed by atoms with E-state index in [2.05, 4.69) is 70.6 Å². The minimum Gasteiger partial charge on any atom is -0.507 e. The molecule has 0 bridgehead atoms. The number of nitrogens with zero attached hydrogens (tertiary/aromatic N) is 8. The average molecular weight is 552 g/mol. The topological polar surface area (TPSA) is 122 Å². The molecule has 3 aromatic heterocycles. The number of benzene rings is 1. The SMILES string of the molecule is CC(C)c1cc(C(C)C)n(CC#Cc2nccc(N3CCCN(c4cc(-c5ccccc5O)nnc4N)CC3)n2)n1. The van der Waals surface area contributed by atoms with Crippen LogP contribution in [-0.2, 0) is 6.54 Å². The van der Waals surface area contributed by atoms with Gasteiger partial charge in [0.2, 0.25) is 5.82 Å². The summed E-state index contributed by atoms with van der Waals surface area (Å²) in [5.74, 6) is 8.98. The van der Waals surface area contributed by atoms with Crippen LogP contribution in [0.1, 0.15) is 63.2 Å². The van der Waals surface area contributed by atoms with E-state index < -0.39 is 0 Å². The predicted molar refractivity (Wildman–Crippen MR) is 162 cm³/mol. The molecule has 0 saturated carbocycles. The Morgan fingerprint density at radius 1 is 0.951 bits per heavy atom. The van der Waals surface area contributed by atoms with Crippen molar-refractivity contribution in [2.75, 3.05) is 41.7 Å². The van der Waals surface area contributed by atoms with Crippen LogP contribution in [0.4, 0.5) is 17.3 Å². The van der Waals surface area contributed by atoms with Crippen LogP contribution in [0.2, 0.25) is 0 Å². The Morgan fingerprint density at radius 2 is 1.73 bits per heavy atom. The molecule has 4 aromatic rings. The van der Waals surface area contributed by atoms with E-state index in [0.717, 1.165) is 49.8 Å². The van der Waals surface area contributed by atoms with E-state index in [9.17, 15) is 5.11 Å². The zero-order valence-electron chi connectivity index (χ0n) is 24.1. The van der Waals surface area contributed by atoms with Gasteiger partial charge in [-0.15, -0.1) is 10.2 Å². The lowest BCUT2D eigenvalue weighted by atomic mass is 10.1. The molecule has 10 nitrogen and oxygen atoms in total. The lowest BCUT2D eigenvalue weighted by Gasteiger charge is -2.25. The Kier molecular flexibility index (Phi) is 8.34. The minimum absolute atomic E-state index is 0.160. The lowest BCUT2D eigenvalue weighted by molar-refractivity contribution is 0.477. The van der Waals surface area contributed by atoms with E-state index in [-0.39, 0.29) is 5.75 Å². The molecule has 1 saturated heterocycles. The highest BCUT2D eigenvalue weighted by Gasteiger charge is 2.20. The van der Waals surface area contributed by atoms with Crippen LogP contribution in [0.3, 0.4) is 0 Å². The largest absolute Gasteiger partial charge is 0.507 e. The highest BCUT2D eigenvalue weighted by Crippen LogP contribution is 2.32. The number of phenols is 1. The second kappa shape index (κ2) is 12.3. The molecule has 212 valence electrons. The third-order valence-electron chi connectivity index (χ3n) is 7.22. The lowest BCUT2D eigenvalue weighted by Crippen LogP contribution is -2.31. The van der Waals surface area contributed by atoms with Gasteiger partial charge in [0.1, 0.15) is 18.1 Å². The number of aromatic hydroxyl groups is 1. The molecule has 0 amide bonds. The van der Waals surface area contributed by atoms with E-state index in [4.69, 9.17) is 15.8 Å². The zero-order chi connectivity index (χ0) is 28.9. The molecule has 0 aliphatic carbocycles. The van der Waals surface area contributed by atoms with Gasteiger partial charge in [0.05, 0.1) is 17.1 Å². The summed E-state index contributed by atoms with van der Waals surface area (Å²) in [6, 6.07) is 13.1. The number of nitrogen functional groups attached to an aromatic ring is 1. The van der Waals surface area contributed by atoms with Crippen molar-refractivity contribution in [2.45, 2.75) is 52.5 Å². The fourth-order valence-corrected chi connectivity index (χ4v) is 4.96. The van der Waals surface area contributed by atoms with Crippen molar-refractivity contribution in [3.8, 4) is 28.8 Å². The number of nitrogens with two attached hydrogens (primary N) is 1. The number of para-hydroxylation sites is 1. The third kappa shape index (κ3) is 6.40. The van der Waals surface area contributed by atoms with E-state index >= 15 is 0 Å². The Morgan fingerprint density at radius 3 is 2.51 bits per heavy atom. The van der Waals surface area contributed by atoms with E-state index in [1.54, 1.807) is 18.3 Å². The van der Waals surface area contributed by atoms with Crippen LogP contribution in [0.5, 0.6) is 5.75 Å². The number of hydrogen-bond acceptors (Lipinski definition) is 9. The maximum atomic E-state index is 10.3. The van der Waals surface area contributed by atoms with Crippen LogP contribution in [0.25, 0.3) is 11.3 Å². The highest BCUT2D eigenvalue weighted by atomic mass is 16.3. The number of rotatable bonds is 6. The maximum Gasteiger partial charge on any atom is 0.206 e. The van der Waals surface area contributed by atoms with Crippen molar-refractivity contribution in [3.05, 3.63) is 65.9 Å². The quantitative estimate of drug-likeness (QED) is 0.335. The summed E-state index contributed by atoms with van der Waals surface area (Å²) in [5, 5.41) is 23.4. The van der Waals surface area contributed by atoms with Gasteiger partial charge in [0, 0.05) is 43.6 Å². The van der Waals surface area contributed by atoms with Crippen molar-refractivity contribution in [1.82, 2.24) is 29.9 Å². The van der Waals surface area contributed by atoms with Crippen LogP contribution in [-0.4, -0.2) is 61.2 Å². The van der Waals surface area contributed by atoms with Gasteiger partial charge in [-0.2, -0.15) is 5.10 Å². The molecular formula is C31H37N9O. The van der Waals surface area contributed by atoms with Crippen LogP contribution < -0.4 is 15.5 Å². The normalized spacial score (nSPS) is 13.8. The Hall–Kier alpha value is -4.65. The molecule has 0 radical (unpaired) electrons. The first-order chi connectivity index (χ1) is 19.8. The summed E-state index contributed by atoms with van der Waals surface area (Å²) in [6.45, 7) is 12.3. The van der Waals surface area contributed by atoms with Crippen LogP contribution in [0, 0.1) is 11.8 Å².